The molecular formula is C32H60N4O9S. The fourth-order valence-corrected chi connectivity index (χ4v) is 4.66. The molecule has 0 aliphatic carbocycles. The first-order valence-electron chi connectivity index (χ1n) is 17.1. The minimum atomic E-state index is -1.06. The van der Waals surface area contributed by atoms with Crippen molar-refractivity contribution in [1.29, 1.82) is 0 Å². The van der Waals surface area contributed by atoms with Crippen molar-refractivity contribution in [3.05, 3.63) is 0 Å². The van der Waals surface area contributed by atoms with Gasteiger partial charge in [0.05, 0.1) is 19.8 Å². The largest absolute Gasteiger partial charge is 0.481 e. The lowest BCUT2D eigenvalue weighted by atomic mass is 10.0. The van der Waals surface area contributed by atoms with Crippen LogP contribution in [0, 0.1) is 0 Å². The molecule has 0 saturated carbocycles. The van der Waals surface area contributed by atoms with E-state index in [2.05, 4.69) is 33.9 Å². The predicted molar refractivity (Wildman–Crippen MR) is 180 cm³/mol. The second-order valence-electron chi connectivity index (χ2n) is 11.4. The second-order valence-corrected chi connectivity index (χ2v) is 11.9. The van der Waals surface area contributed by atoms with Gasteiger partial charge in [-0.25, -0.2) is 4.79 Å². The lowest BCUT2D eigenvalue weighted by Crippen LogP contribution is -2.39. The molecule has 46 heavy (non-hydrogen) atoms. The van der Waals surface area contributed by atoms with Crippen LogP contribution in [0.2, 0.25) is 0 Å². The Morgan fingerprint density at radius 3 is 1.63 bits per heavy atom. The van der Waals surface area contributed by atoms with Gasteiger partial charge in [0.15, 0.2) is 0 Å². The molecule has 0 fully saturated rings. The fourth-order valence-electron chi connectivity index (χ4n) is 4.57. The Morgan fingerprint density at radius 1 is 0.565 bits per heavy atom. The summed E-state index contributed by atoms with van der Waals surface area (Å²) in [5.74, 6) is -1.14. The molecular weight excluding hydrogens is 616 g/mol. The van der Waals surface area contributed by atoms with E-state index in [9.17, 15) is 29.1 Å². The van der Waals surface area contributed by atoms with Crippen LogP contribution in [0.3, 0.4) is 0 Å². The molecule has 0 aromatic rings. The lowest BCUT2D eigenvalue weighted by molar-refractivity contribution is -0.137. The van der Waals surface area contributed by atoms with Crippen molar-refractivity contribution in [2.75, 3.05) is 46.1 Å². The maximum atomic E-state index is 12.1. The van der Waals surface area contributed by atoms with Gasteiger partial charge in [0, 0.05) is 45.3 Å². The number of amides is 4. The zero-order valence-electron chi connectivity index (χ0n) is 27.7. The van der Waals surface area contributed by atoms with Crippen molar-refractivity contribution >= 4 is 41.6 Å². The number of carbonyl (C=O) groups excluding carboxylic acids is 4. The third-order valence-corrected chi connectivity index (χ3v) is 7.24. The molecule has 0 aliphatic rings. The highest BCUT2D eigenvalue weighted by Crippen LogP contribution is 2.14. The summed E-state index contributed by atoms with van der Waals surface area (Å²) >= 11 is 3.58. The van der Waals surface area contributed by atoms with Crippen molar-refractivity contribution in [2.24, 2.45) is 0 Å². The van der Waals surface area contributed by atoms with Crippen molar-refractivity contribution < 1.29 is 43.7 Å². The van der Waals surface area contributed by atoms with Gasteiger partial charge in [0.2, 0.25) is 16.9 Å². The molecule has 0 rings (SSSR count). The van der Waals surface area contributed by atoms with Gasteiger partial charge >= 0.3 is 12.0 Å². The maximum Gasteiger partial charge on any atom is 0.314 e. The summed E-state index contributed by atoms with van der Waals surface area (Å²) in [4.78, 5) is 56.8. The van der Waals surface area contributed by atoms with E-state index in [0.29, 0.717) is 45.7 Å². The monoisotopic (exact) mass is 676 g/mol. The summed E-state index contributed by atoms with van der Waals surface area (Å²) in [5, 5.41) is 28.9. The normalized spacial score (nSPS) is 11.5. The molecule has 0 bridgehead atoms. The molecule has 4 amide bonds. The summed E-state index contributed by atoms with van der Waals surface area (Å²) in [7, 11) is 0. The summed E-state index contributed by atoms with van der Waals surface area (Å²) in [6.07, 6.45) is 16.0. The predicted octanol–water partition coefficient (Wildman–Crippen LogP) is 3.82. The molecule has 13 nitrogen and oxygen atoms in total. The van der Waals surface area contributed by atoms with Crippen LogP contribution < -0.4 is 21.3 Å². The van der Waals surface area contributed by atoms with Crippen molar-refractivity contribution in [1.82, 2.24) is 21.3 Å². The number of thiol groups is 1. The topological polar surface area (TPSA) is 192 Å². The van der Waals surface area contributed by atoms with Crippen LogP contribution in [0.5, 0.6) is 0 Å². The van der Waals surface area contributed by atoms with E-state index >= 15 is 0 Å². The number of carbonyl (C=O) groups is 5. The Kier molecular flexibility index (Phi) is 30.8. The van der Waals surface area contributed by atoms with E-state index in [0.717, 1.165) is 38.5 Å². The Hall–Kier alpha value is -2.42. The summed E-state index contributed by atoms with van der Waals surface area (Å²) in [5.41, 5.74) is 0. The highest BCUT2D eigenvalue weighted by atomic mass is 32.1. The lowest BCUT2D eigenvalue weighted by Gasteiger charge is -2.13. The Bertz CT molecular complexity index is 820. The average Bonchev–Trinajstić information content (AvgIpc) is 3.00. The van der Waals surface area contributed by atoms with Crippen LogP contribution >= 0.6 is 12.6 Å². The molecule has 0 radical (unpaired) electrons. The molecule has 0 saturated heterocycles. The molecule has 0 heterocycles. The molecule has 6 N–H and O–H groups in total. The van der Waals surface area contributed by atoms with Crippen molar-refractivity contribution in [3.8, 4) is 0 Å². The number of nitrogens with one attached hydrogen (secondary N) is 4. The molecule has 0 aromatic heterocycles. The van der Waals surface area contributed by atoms with Gasteiger partial charge in [-0.05, 0) is 19.3 Å². The number of aliphatic hydroxyl groups is 1. The Labute approximate surface area is 280 Å². The summed E-state index contributed by atoms with van der Waals surface area (Å²) < 4.78 is 10.2. The zero-order chi connectivity index (χ0) is 34.1. The molecule has 14 heteroatoms. The van der Waals surface area contributed by atoms with Crippen LogP contribution in [0.4, 0.5) is 4.79 Å². The van der Waals surface area contributed by atoms with E-state index in [4.69, 9.17) is 14.6 Å². The van der Waals surface area contributed by atoms with Crippen LogP contribution in [-0.2, 0) is 28.7 Å². The van der Waals surface area contributed by atoms with Crippen LogP contribution in [0.25, 0.3) is 0 Å². The number of hydrogen-bond acceptors (Lipinski definition) is 8. The average molecular weight is 677 g/mol. The minimum Gasteiger partial charge on any atom is -0.481 e. The second kappa shape index (κ2) is 32.5. The highest BCUT2D eigenvalue weighted by molar-refractivity contribution is 7.96. The number of rotatable bonds is 33. The van der Waals surface area contributed by atoms with E-state index in [1.165, 1.54) is 51.4 Å². The van der Waals surface area contributed by atoms with Crippen LogP contribution in [0.15, 0.2) is 0 Å². The van der Waals surface area contributed by atoms with E-state index in [1.54, 1.807) is 0 Å². The first-order valence-corrected chi connectivity index (χ1v) is 17.5. The smallest absolute Gasteiger partial charge is 0.314 e. The summed E-state index contributed by atoms with van der Waals surface area (Å²) in [6.45, 7) is 1.87. The number of carboxylic acids is 1. The number of hydrogen-bond donors (Lipinski definition) is 7. The third kappa shape index (κ3) is 34.5. The van der Waals surface area contributed by atoms with Gasteiger partial charge in [-0.3, -0.25) is 19.2 Å². The van der Waals surface area contributed by atoms with Gasteiger partial charge in [-0.1, -0.05) is 77.0 Å². The van der Waals surface area contributed by atoms with Crippen molar-refractivity contribution in [2.45, 2.75) is 128 Å². The number of aliphatic carboxylic acids is 1. The van der Waals surface area contributed by atoms with Gasteiger partial charge < -0.3 is 41.0 Å². The maximum absolute atomic E-state index is 12.1. The van der Waals surface area contributed by atoms with Gasteiger partial charge in [0.25, 0.3) is 0 Å². The molecule has 0 aliphatic heterocycles. The molecule has 268 valence electrons. The number of urea groups is 1. The minimum absolute atomic E-state index is 0.0688. The SMILES string of the molecule is O=C(O)CCCCCCCCCCCCCCCCC(=O)N[C@H](O)CCC(=O)NCCCNC(=O)NCCOCCOCC(=O)S. The van der Waals surface area contributed by atoms with E-state index in [1.807, 2.05) is 0 Å². The quantitative estimate of drug-likeness (QED) is 0.0308. The first kappa shape index (κ1) is 43.6. The standard InChI is InChI=1S/C32H60N4O9S/c37-27(33-20-15-21-34-32(43)35-22-23-44-24-25-45-26-31(42)46)18-19-29(39)36-28(38)16-13-11-9-7-5-3-1-2-4-6-8-10-12-14-17-30(40)41/h29,39H,1-26H2,(H,33,37)(H,36,38)(H,40,41)(H,42,46)(H2,34,35,43)/t29-/m1/s1. The Balaban J connectivity index is 3.48. The van der Waals surface area contributed by atoms with E-state index in [-0.39, 0.29) is 55.4 Å². The fraction of sp³-hybridized carbons (Fsp3) is 0.844. The third-order valence-electron chi connectivity index (χ3n) is 7.11. The molecule has 0 aromatic carbocycles. The van der Waals surface area contributed by atoms with Gasteiger partial charge in [-0.15, -0.1) is 12.6 Å². The number of ether oxygens (including phenoxy) is 2. The number of carboxylic acid groups (broad SMARTS) is 1. The zero-order valence-corrected chi connectivity index (χ0v) is 28.6. The first-order chi connectivity index (χ1) is 22.2. The van der Waals surface area contributed by atoms with Gasteiger partial charge in [-0.2, -0.15) is 0 Å². The number of unbranched alkanes of at least 4 members (excludes halogenated alkanes) is 13. The summed E-state index contributed by atoms with van der Waals surface area (Å²) in [6, 6.07) is -0.344. The van der Waals surface area contributed by atoms with E-state index < -0.39 is 12.2 Å². The van der Waals surface area contributed by atoms with Crippen LogP contribution in [-0.4, -0.2) is 91.4 Å². The van der Waals surface area contributed by atoms with Crippen molar-refractivity contribution in [3.63, 3.8) is 0 Å². The Morgan fingerprint density at radius 2 is 1.07 bits per heavy atom. The molecule has 0 spiro atoms. The highest BCUT2D eigenvalue weighted by Gasteiger charge is 2.11. The molecule has 0 unspecified atom stereocenters. The van der Waals surface area contributed by atoms with Crippen LogP contribution in [0.1, 0.15) is 122 Å². The number of aliphatic hydroxyl groups excluding tert-OH is 1. The molecule has 1 atom stereocenters. The van der Waals surface area contributed by atoms with Gasteiger partial charge in [0.1, 0.15) is 12.8 Å².